The number of aryl methyl sites for hydroxylation is 1. The molecule has 1 aliphatic heterocycles. The summed E-state index contributed by atoms with van der Waals surface area (Å²) in [5.74, 6) is 5.64. The van der Waals surface area contributed by atoms with Crippen LogP contribution < -0.4 is 11.3 Å². The van der Waals surface area contributed by atoms with Gasteiger partial charge >= 0.3 is 0 Å². The number of rotatable bonds is 3. The van der Waals surface area contributed by atoms with Crippen LogP contribution in [0.1, 0.15) is 36.9 Å². The Balaban J connectivity index is 2.13. The van der Waals surface area contributed by atoms with Crippen LogP contribution in [0.5, 0.6) is 0 Å². The van der Waals surface area contributed by atoms with Crippen LogP contribution in [0, 0.1) is 6.92 Å². The predicted octanol–water partition coefficient (Wildman–Crippen LogP) is 2.07. The fraction of sp³-hybridized carbons (Fsp3) is 0.538. The molecule has 88 valence electrons. The van der Waals surface area contributed by atoms with Crippen LogP contribution >= 0.6 is 0 Å². The molecule has 1 saturated heterocycles. The van der Waals surface area contributed by atoms with Gasteiger partial charge in [-0.05, 0) is 32.3 Å². The highest BCUT2D eigenvalue weighted by Crippen LogP contribution is 2.29. The maximum Gasteiger partial charge on any atom is 0.0787 e. The summed E-state index contributed by atoms with van der Waals surface area (Å²) in [6, 6.07) is 8.56. The first kappa shape index (κ1) is 11.6. The minimum atomic E-state index is 0.102. The van der Waals surface area contributed by atoms with E-state index < -0.39 is 0 Å². The molecule has 3 heteroatoms. The van der Waals surface area contributed by atoms with Gasteiger partial charge in [-0.15, -0.1) is 0 Å². The zero-order chi connectivity index (χ0) is 11.5. The Hall–Kier alpha value is -0.900. The summed E-state index contributed by atoms with van der Waals surface area (Å²) in [5, 5.41) is 0. The fourth-order valence-electron chi connectivity index (χ4n) is 2.27. The van der Waals surface area contributed by atoms with Crippen LogP contribution in [-0.4, -0.2) is 12.2 Å². The predicted molar refractivity (Wildman–Crippen MR) is 64.8 cm³/mol. The van der Waals surface area contributed by atoms with Crippen molar-refractivity contribution < 1.29 is 4.74 Å². The van der Waals surface area contributed by atoms with Gasteiger partial charge < -0.3 is 4.74 Å². The van der Waals surface area contributed by atoms with Crippen LogP contribution in [0.25, 0.3) is 0 Å². The van der Waals surface area contributed by atoms with Crippen molar-refractivity contribution in [3.8, 4) is 0 Å². The van der Waals surface area contributed by atoms with Crippen molar-refractivity contribution in [2.75, 3.05) is 0 Å². The molecule has 3 N–H and O–H groups in total. The van der Waals surface area contributed by atoms with Crippen molar-refractivity contribution in [3.63, 3.8) is 0 Å². The quantitative estimate of drug-likeness (QED) is 0.605. The molecule has 3 unspecified atom stereocenters. The van der Waals surface area contributed by atoms with E-state index >= 15 is 0 Å². The SMILES string of the molecule is Cc1ccc(C(NN)C2CCC(C)O2)cc1. The Morgan fingerprint density at radius 2 is 2.00 bits per heavy atom. The third-order valence-electron chi connectivity index (χ3n) is 3.25. The summed E-state index contributed by atoms with van der Waals surface area (Å²) < 4.78 is 5.86. The van der Waals surface area contributed by atoms with Crippen molar-refractivity contribution >= 4 is 0 Å². The Kier molecular flexibility index (Phi) is 3.59. The van der Waals surface area contributed by atoms with Crippen molar-refractivity contribution in [1.29, 1.82) is 0 Å². The fourth-order valence-corrected chi connectivity index (χ4v) is 2.27. The molecule has 0 amide bonds. The van der Waals surface area contributed by atoms with Crippen LogP contribution in [0.4, 0.5) is 0 Å². The molecule has 0 aromatic heterocycles. The lowest BCUT2D eigenvalue weighted by molar-refractivity contribution is 0.0316. The van der Waals surface area contributed by atoms with Crippen LogP contribution in [-0.2, 0) is 4.74 Å². The number of nitrogens with two attached hydrogens (primary N) is 1. The van der Waals surface area contributed by atoms with Crippen molar-refractivity contribution in [1.82, 2.24) is 5.43 Å². The van der Waals surface area contributed by atoms with Crippen LogP contribution in [0.15, 0.2) is 24.3 Å². The van der Waals surface area contributed by atoms with Crippen LogP contribution in [0.2, 0.25) is 0 Å². The summed E-state index contributed by atoms with van der Waals surface area (Å²) in [7, 11) is 0. The van der Waals surface area contributed by atoms with E-state index in [2.05, 4.69) is 43.5 Å². The van der Waals surface area contributed by atoms with Gasteiger partial charge in [0.25, 0.3) is 0 Å². The normalized spacial score (nSPS) is 26.9. The first-order valence-corrected chi connectivity index (χ1v) is 5.89. The topological polar surface area (TPSA) is 47.3 Å². The summed E-state index contributed by atoms with van der Waals surface area (Å²) in [4.78, 5) is 0. The minimum Gasteiger partial charge on any atom is -0.373 e. The summed E-state index contributed by atoms with van der Waals surface area (Å²) in [5.41, 5.74) is 5.34. The van der Waals surface area contributed by atoms with E-state index in [9.17, 15) is 0 Å². The first-order valence-electron chi connectivity index (χ1n) is 5.89. The highest BCUT2D eigenvalue weighted by molar-refractivity contribution is 5.25. The van der Waals surface area contributed by atoms with Gasteiger partial charge in [-0.2, -0.15) is 0 Å². The average molecular weight is 220 g/mol. The molecule has 0 radical (unpaired) electrons. The summed E-state index contributed by atoms with van der Waals surface area (Å²) >= 11 is 0. The first-order chi connectivity index (χ1) is 7.70. The van der Waals surface area contributed by atoms with E-state index in [1.54, 1.807) is 0 Å². The number of hydrogen-bond acceptors (Lipinski definition) is 3. The summed E-state index contributed by atoms with van der Waals surface area (Å²) in [6.07, 6.45) is 2.74. The zero-order valence-corrected chi connectivity index (χ0v) is 9.94. The Bertz CT molecular complexity index is 336. The standard InChI is InChI=1S/C13H20N2O/c1-9-3-6-11(7-4-9)13(15-14)12-8-5-10(2)16-12/h3-4,6-7,10,12-13,15H,5,8,14H2,1-2H3. The number of benzene rings is 1. The van der Waals surface area contributed by atoms with E-state index in [-0.39, 0.29) is 12.1 Å². The van der Waals surface area contributed by atoms with Crippen LogP contribution in [0.3, 0.4) is 0 Å². The molecule has 0 bridgehead atoms. The maximum atomic E-state index is 5.86. The smallest absolute Gasteiger partial charge is 0.0787 e. The second-order valence-electron chi connectivity index (χ2n) is 4.62. The average Bonchev–Trinajstić information content (AvgIpc) is 2.69. The van der Waals surface area contributed by atoms with Gasteiger partial charge in [-0.1, -0.05) is 29.8 Å². The molecule has 1 aromatic carbocycles. The third kappa shape index (κ3) is 2.43. The molecule has 1 aromatic rings. The molecule has 1 fully saturated rings. The highest BCUT2D eigenvalue weighted by atomic mass is 16.5. The van der Waals surface area contributed by atoms with Gasteiger partial charge in [0.1, 0.15) is 0 Å². The van der Waals surface area contributed by atoms with Gasteiger partial charge in [0, 0.05) is 0 Å². The Labute approximate surface area is 97.0 Å². The second-order valence-corrected chi connectivity index (χ2v) is 4.62. The van der Waals surface area contributed by atoms with Crippen molar-refractivity contribution in [2.45, 2.75) is 44.9 Å². The third-order valence-corrected chi connectivity index (χ3v) is 3.25. The van der Waals surface area contributed by atoms with E-state index in [1.165, 1.54) is 11.1 Å². The molecule has 0 spiro atoms. The molecule has 1 heterocycles. The van der Waals surface area contributed by atoms with Gasteiger partial charge in [0.05, 0.1) is 18.2 Å². The molecule has 1 aliphatic rings. The Morgan fingerprint density at radius 1 is 1.31 bits per heavy atom. The second kappa shape index (κ2) is 4.95. The molecular weight excluding hydrogens is 200 g/mol. The highest BCUT2D eigenvalue weighted by Gasteiger charge is 2.29. The zero-order valence-electron chi connectivity index (χ0n) is 9.94. The lowest BCUT2D eigenvalue weighted by Gasteiger charge is -2.23. The minimum absolute atomic E-state index is 0.102. The van der Waals surface area contributed by atoms with Crippen molar-refractivity contribution in [2.24, 2.45) is 5.84 Å². The van der Waals surface area contributed by atoms with Gasteiger partial charge in [-0.3, -0.25) is 11.3 Å². The Morgan fingerprint density at radius 3 is 2.50 bits per heavy atom. The van der Waals surface area contributed by atoms with E-state index in [0.717, 1.165) is 12.8 Å². The molecule has 2 rings (SSSR count). The number of nitrogens with one attached hydrogen (secondary N) is 1. The van der Waals surface area contributed by atoms with E-state index in [1.807, 2.05) is 0 Å². The number of ether oxygens (including phenoxy) is 1. The number of hydrazine groups is 1. The van der Waals surface area contributed by atoms with Crippen molar-refractivity contribution in [3.05, 3.63) is 35.4 Å². The van der Waals surface area contributed by atoms with E-state index in [0.29, 0.717) is 6.10 Å². The monoisotopic (exact) mass is 220 g/mol. The molecule has 0 saturated carbocycles. The molecule has 0 aliphatic carbocycles. The lowest BCUT2D eigenvalue weighted by Crippen LogP contribution is -2.36. The molecule has 16 heavy (non-hydrogen) atoms. The largest absolute Gasteiger partial charge is 0.373 e. The molecule has 3 nitrogen and oxygen atoms in total. The molecular formula is C13H20N2O. The van der Waals surface area contributed by atoms with Gasteiger partial charge in [0.15, 0.2) is 0 Å². The maximum absolute atomic E-state index is 5.86. The van der Waals surface area contributed by atoms with E-state index in [4.69, 9.17) is 10.6 Å². The van der Waals surface area contributed by atoms with Gasteiger partial charge in [-0.25, -0.2) is 0 Å². The lowest BCUT2D eigenvalue weighted by atomic mass is 9.99. The van der Waals surface area contributed by atoms with Gasteiger partial charge in [0.2, 0.25) is 0 Å². The molecule has 3 atom stereocenters. The number of hydrogen-bond donors (Lipinski definition) is 2. The summed E-state index contributed by atoms with van der Waals surface area (Å²) in [6.45, 7) is 4.20.